The van der Waals surface area contributed by atoms with Crippen LogP contribution in [0.15, 0.2) is 0 Å². The molecule has 1 fully saturated rings. The average Bonchev–Trinajstić information content (AvgIpc) is 2.16. The van der Waals surface area contributed by atoms with Crippen LogP contribution in [-0.4, -0.2) is 42.9 Å². The summed E-state index contributed by atoms with van der Waals surface area (Å²) in [5.41, 5.74) is 0. The number of thiocarbonyl (C=S) groups is 1. The molecule has 1 aliphatic rings. The van der Waals surface area contributed by atoms with Gasteiger partial charge in [-0.05, 0) is 37.4 Å². The maximum Gasteiger partial charge on any atom is 0.169 e. The van der Waals surface area contributed by atoms with E-state index in [0.717, 1.165) is 30.0 Å². The lowest BCUT2D eigenvalue weighted by Gasteiger charge is -2.37. The number of nitrogens with zero attached hydrogens (tertiary/aromatic N) is 1. The van der Waals surface area contributed by atoms with Crippen molar-refractivity contribution in [2.24, 2.45) is 11.8 Å². The van der Waals surface area contributed by atoms with Crippen molar-refractivity contribution in [3.8, 4) is 0 Å². The highest BCUT2D eigenvalue weighted by Gasteiger charge is 2.23. The molecule has 0 amide bonds. The molecule has 4 heteroatoms. The number of ether oxygens (including phenoxy) is 1. The molecular weight excluding hydrogens is 220 g/mol. The molecule has 3 unspecified atom stereocenters. The molecule has 1 rings (SSSR count). The molecule has 1 aliphatic heterocycles. The molecule has 0 aromatic carbocycles. The van der Waals surface area contributed by atoms with E-state index in [2.05, 4.69) is 31.0 Å². The van der Waals surface area contributed by atoms with Gasteiger partial charge in [-0.2, -0.15) is 0 Å². The van der Waals surface area contributed by atoms with Crippen molar-refractivity contribution in [3.63, 3.8) is 0 Å². The molecule has 16 heavy (non-hydrogen) atoms. The number of nitrogens with one attached hydrogen (secondary N) is 1. The van der Waals surface area contributed by atoms with E-state index in [1.165, 1.54) is 6.42 Å². The molecule has 94 valence electrons. The van der Waals surface area contributed by atoms with E-state index in [1.54, 1.807) is 7.11 Å². The van der Waals surface area contributed by atoms with Crippen LogP contribution in [0.4, 0.5) is 0 Å². The highest BCUT2D eigenvalue weighted by Crippen LogP contribution is 2.20. The lowest BCUT2D eigenvalue weighted by molar-refractivity contribution is 0.173. The highest BCUT2D eigenvalue weighted by molar-refractivity contribution is 7.80. The molecule has 3 atom stereocenters. The Balaban J connectivity index is 2.40. The molecule has 0 aromatic heterocycles. The Labute approximate surface area is 105 Å². The van der Waals surface area contributed by atoms with Gasteiger partial charge in [0, 0.05) is 26.2 Å². The minimum Gasteiger partial charge on any atom is -0.383 e. The van der Waals surface area contributed by atoms with Crippen molar-refractivity contribution in [1.29, 1.82) is 0 Å². The van der Waals surface area contributed by atoms with Crippen LogP contribution in [0, 0.1) is 11.8 Å². The van der Waals surface area contributed by atoms with Gasteiger partial charge >= 0.3 is 0 Å². The number of hydrogen-bond acceptors (Lipinski definition) is 2. The largest absolute Gasteiger partial charge is 0.383 e. The first-order valence-electron chi connectivity index (χ1n) is 6.07. The molecule has 1 saturated heterocycles. The lowest BCUT2D eigenvalue weighted by atomic mass is 9.92. The van der Waals surface area contributed by atoms with Crippen molar-refractivity contribution in [3.05, 3.63) is 0 Å². The summed E-state index contributed by atoms with van der Waals surface area (Å²) >= 11 is 5.43. The summed E-state index contributed by atoms with van der Waals surface area (Å²) in [4.78, 5) is 2.29. The molecule has 3 nitrogen and oxygen atoms in total. The predicted molar refractivity (Wildman–Crippen MR) is 71.6 cm³/mol. The summed E-state index contributed by atoms with van der Waals surface area (Å²) in [6, 6.07) is 0.282. The third kappa shape index (κ3) is 4.26. The predicted octanol–water partition coefficient (Wildman–Crippen LogP) is 1.87. The van der Waals surface area contributed by atoms with Crippen LogP contribution >= 0.6 is 12.2 Å². The molecule has 0 bridgehead atoms. The van der Waals surface area contributed by atoms with E-state index >= 15 is 0 Å². The zero-order valence-electron chi connectivity index (χ0n) is 10.8. The van der Waals surface area contributed by atoms with Gasteiger partial charge in [-0.25, -0.2) is 0 Å². The molecular formula is C12H24N2OS. The lowest BCUT2D eigenvalue weighted by Crippen LogP contribution is -2.50. The van der Waals surface area contributed by atoms with Crippen molar-refractivity contribution >= 4 is 17.3 Å². The Kier molecular flexibility index (Phi) is 5.49. The Bertz CT molecular complexity index is 225. The third-order valence-electron chi connectivity index (χ3n) is 2.94. The first-order chi connectivity index (χ1) is 7.52. The standard InChI is InChI=1S/C12H24N2OS/c1-9-5-10(2)7-14(6-9)12(16)13-11(3)8-15-4/h9-11H,5-8H2,1-4H3,(H,13,16). The zero-order valence-corrected chi connectivity index (χ0v) is 11.6. The number of rotatable bonds is 3. The Morgan fingerprint density at radius 1 is 1.44 bits per heavy atom. The fraction of sp³-hybridized carbons (Fsp3) is 0.917. The Hall–Kier alpha value is -0.350. The van der Waals surface area contributed by atoms with Crippen LogP contribution in [0.3, 0.4) is 0 Å². The van der Waals surface area contributed by atoms with Gasteiger partial charge < -0.3 is 15.0 Å². The number of piperidine rings is 1. The maximum atomic E-state index is 5.43. The van der Waals surface area contributed by atoms with Crippen molar-refractivity contribution in [1.82, 2.24) is 10.2 Å². The second-order valence-electron chi connectivity index (χ2n) is 5.16. The molecule has 0 aromatic rings. The highest BCUT2D eigenvalue weighted by atomic mass is 32.1. The van der Waals surface area contributed by atoms with Gasteiger partial charge in [0.2, 0.25) is 0 Å². The molecule has 0 aliphatic carbocycles. The van der Waals surface area contributed by atoms with E-state index in [4.69, 9.17) is 17.0 Å². The zero-order chi connectivity index (χ0) is 12.1. The minimum absolute atomic E-state index is 0.282. The van der Waals surface area contributed by atoms with Gasteiger partial charge in [0.1, 0.15) is 0 Å². The van der Waals surface area contributed by atoms with Crippen LogP contribution < -0.4 is 5.32 Å². The van der Waals surface area contributed by atoms with E-state index in [-0.39, 0.29) is 6.04 Å². The summed E-state index contributed by atoms with van der Waals surface area (Å²) in [5.74, 6) is 1.47. The fourth-order valence-corrected chi connectivity index (χ4v) is 2.77. The number of methoxy groups -OCH3 is 1. The van der Waals surface area contributed by atoms with Gasteiger partial charge in [-0.1, -0.05) is 13.8 Å². The van der Waals surface area contributed by atoms with Crippen LogP contribution in [-0.2, 0) is 4.74 Å². The molecule has 0 saturated carbocycles. The Morgan fingerprint density at radius 2 is 2.00 bits per heavy atom. The second-order valence-corrected chi connectivity index (χ2v) is 5.54. The van der Waals surface area contributed by atoms with Gasteiger partial charge in [0.15, 0.2) is 5.11 Å². The molecule has 0 radical (unpaired) electrons. The summed E-state index contributed by atoms with van der Waals surface area (Å²) in [7, 11) is 1.71. The normalized spacial score (nSPS) is 27.6. The summed E-state index contributed by atoms with van der Waals surface area (Å²) in [6.07, 6.45) is 1.31. The molecule has 1 heterocycles. The molecule has 0 spiro atoms. The van der Waals surface area contributed by atoms with Crippen LogP contribution in [0.25, 0.3) is 0 Å². The first kappa shape index (κ1) is 13.7. The summed E-state index contributed by atoms with van der Waals surface area (Å²) in [5, 5.41) is 4.20. The SMILES string of the molecule is COCC(C)NC(=S)N1CC(C)CC(C)C1. The van der Waals surface area contributed by atoms with E-state index in [9.17, 15) is 0 Å². The minimum atomic E-state index is 0.282. The number of hydrogen-bond donors (Lipinski definition) is 1. The quantitative estimate of drug-likeness (QED) is 0.766. The van der Waals surface area contributed by atoms with Gasteiger partial charge in [-0.15, -0.1) is 0 Å². The van der Waals surface area contributed by atoms with Crippen LogP contribution in [0.1, 0.15) is 27.2 Å². The smallest absolute Gasteiger partial charge is 0.169 e. The average molecular weight is 244 g/mol. The van der Waals surface area contributed by atoms with E-state index in [1.807, 2.05) is 0 Å². The van der Waals surface area contributed by atoms with Crippen molar-refractivity contribution < 1.29 is 4.74 Å². The second kappa shape index (κ2) is 6.40. The van der Waals surface area contributed by atoms with E-state index < -0.39 is 0 Å². The van der Waals surface area contributed by atoms with Gasteiger partial charge in [-0.3, -0.25) is 0 Å². The fourth-order valence-electron chi connectivity index (χ4n) is 2.42. The topological polar surface area (TPSA) is 24.5 Å². The first-order valence-corrected chi connectivity index (χ1v) is 6.48. The monoisotopic (exact) mass is 244 g/mol. The Morgan fingerprint density at radius 3 is 2.50 bits per heavy atom. The molecule has 1 N–H and O–H groups in total. The third-order valence-corrected chi connectivity index (χ3v) is 3.32. The van der Waals surface area contributed by atoms with Crippen LogP contribution in [0.2, 0.25) is 0 Å². The van der Waals surface area contributed by atoms with Crippen molar-refractivity contribution in [2.45, 2.75) is 33.2 Å². The van der Waals surface area contributed by atoms with Crippen molar-refractivity contribution in [2.75, 3.05) is 26.8 Å². The van der Waals surface area contributed by atoms with Gasteiger partial charge in [0.05, 0.1) is 6.61 Å². The summed E-state index contributed by atoms with van der Waals surface area (Å²) < 4.78 is 5.09. The van der Waals surface area contributed by atoms with E-state index in [0.29, 0.717) is 6.61 Å². The van der Waals surface area contributed by atoms with Crippen LogP contribution in [0.5, 0.6) is 0 Å². The summed E-state index contributed by atoms with van der Waals surface area (Å²) in [6.45, 7) is 9.53. The maximum absolute atomic E-state index is 5.43. The number of likely N-dealkylation sites (tertiary alicyclic amines) is 1. The van der Waals surface area contributed by atoms with Gasteiger partial charge in [0.25, 0.3) is 0 Å².